The summed E-state index contributed by atoms with van der Waals surface area (Å²) in [6.45, 7) is -1.53. The van der Waals surface area contributed by atoms with E-state index in [2.05, 4.69) is 0 Å². The van der Waals surface area contributed by atoms with Crippen LogP contribution in [0.2, 0.25) is 0 Å². The van der Waals surface area contributed by atoms with E-state index >= 15 is 0 Å². The number of carboxylic acid groups (broad SMARTS) is 1. The van der Waals surface area contributed by atoms with Gasteiger partial charge in [-0.1, -0.05) is 13.8 Å². The molecule has 9 heavy (non-hydrogen) atoms. The van der Waals surface area contributed by atoms with Crippen molar-refractivity contribution in [1.29, 1.82) is 0 Å². The Hall–Kier alpha value is 0.140. The third-order valence-electron chi connectivity index (χ3n) is 0.594. The van der Waals surface area contributed by atoms with Gasteiger partial charge in [0.15, 0.2) is 5.78 Å². The Morgan fingerprint density at radius 2 is 2.11 bits per heavy atom. The number of carboxylic acids is 1. The van der Waals surface area contributed by atoms with Crippen LogP contribution in [0, 0.1) is 5.92 Å². The zero-order chi connectivity index (χ0) is 9.23. The molecule has 0 saturated heterocycles. The topological polar surface area (TPSA) is 57.2 Å². The summed E-state index contributed by atoms with van der Waals surface area (Å²) >= 11 is 0. The number of hydrogen-bond acceptors (Lipinski definition) is 3. The molecule has 0 saturated carbocycles. The van der Waals surface area contributed by atoms with Gasteiger partial charge < -0.3 is 9.90 Å². The van der Waals surface area contributed by atoms with E-state index in [4.69, 9.17) is 4.11 Å². The first-order valence-corrected chi connectivity index (χ1v) is 2.02. The second kappa shape index (κ2) is 4.97. The molecule has 0 radical (unpaired) electrons. The van der Waals surface area contributed by atoms with Crippen molar-refractivity contribution in [3.05, 3.63) is 0 Å². The molecule has 0 aliphatic carbocycles. The van der Waals surface area contributed by atoms with Gasteiger partial charge in [0.2, 0.25) is 0 Å². The van der Waals surface area contributed by atoms with Gasteiger partial charge in [-0.05, 0) is 0 Å². The van der Waals surface area contributed by atoms with Gasteiger partial charge in [0.1, 0.15) is 5.97 Å². The minimum absolute atomic E-state index is 0. The first-order valence-electron chi connectivity index (χ1n) is 3.52. The van der Waals surface area contributed by atoms with Crippen molar-refractivity contribution in [3.8, 4) is 0 Å². The normalized spacial score (nSPS) is 17.7. The minimum Gasteiger partial charge on any atom is -0.542 e. The summed E-state index contributed by atoms with van der Waals surface area (Å²) in [6, 6.07) is 0. The van der Waals surface area contributed by atoms with Gasteiger partial charge in [0, 0.05) is 10.0 Å². The van der Waals surface area contributed by atoms with Crippen molar-refractivity contribution in [2.45, 2.75) is 13.8 Å². The van der Waals surface area contributed by atoms with Gasteiger partial charge in [-0.15, -0.1) is 0 Å². The molecule has 0 spiro atoms. The van der Waals surface area contributed by atoms with Crippen molar-refractivity contribution in [3.63, 3.8) is 0 Å². The maximum absolute atomic E-state index is 10.5. The molecule has 0 aliphatic rings. The molecule has 4 heteroatoms. The summed E-state index contributed by atoms with van der Waals surface area (Å²) < 4.78 is 20.0. The fourth-order valence-corrected chi connectivity index (χ4v) is 0.177. The molecule has 0 fully saturated rings. The zero-order valence-corrected chi connectivity index (χ0v) is 7.30. The van der Waals surface area contributed by atoms with Gasteiger partial charge in [0.25, 0.3) is 0 Å². The molecule has 3 nitrogen and oxygen atoms in total. The van der Waals surface area contributed by atoms with E-state index in [1.54, 1.807) is 0 Å². The first-order chi connectivity index (χ1) is 4.76. The van der Waals surface area contributed by atoms with Crippen LogP contribution in [0.4, 0.5) is 0 Å². The average molecular weight is 145 g/mol. The summed E-state index contributed by atoms with van der Waals surface area (Å²) in [5.74, 6) is -4.83. The van der Waals surface area contributed by atoms with Gasteiger partial charge in [-0.25, -0.2) is 0 Å². The number of carbonyl (C=O) groups excluding carboxylic acids is 2. The van der Waals surface area contributed by atoms with Crippen molar-refractivity contribution in [2.24, 2.45) is 5.92 Å². The molecule has 0 aromatic rings. The number of hydrogen-bond donors (Lipinski definition) is 0. The van der Waals surface area contributed by atoms with E-state index in [0.717, 1.165) is 6.92 Å². The number of carbonyl (C=O) groups is 2. The molecule has 1 unspecified atom stereocenters. The Balaban J connectivity index is 0. The van der Waals surface area contributed by atoms with Crippen molar-refractivity contribution in [1.82, 2.24) is 0 Å². The van der Waals surface area contributed by atoms with Gasteiger partial charge in [-0.2, -0.15) is 0 Å². The Bertz CT molecular complexity index is 189. The standard InChI is InChI=1S/C5H8O3.Na/c1-3(2)4(6)5(7)8;/h3H,1-2H3,(H,7,8);/q;+1/p-1/i1D3,2+1,3+1,4+1,5+1;. The molecule has 0 amide bonds. The number of ketones is 1. The summed E-state index contributed by atoms with van der Waals surface area (Å²) in [6.07, 6.45) is 0. The largest absolute Gasteiger partial charge is 1.00 e. The van der Waals surface area contributed by atoms with Crippen LogP contribution >= 0.6 is 0 Å². The van der Waals surface area contributed by atoms with Crippen LogP contribution in [-0.2, 0) is 9.59 Å². The van der Waals surface area contributed by atoms with E-state index < -0.39 is 24.5 Å². The average Bonchev–Trinajstić information content (AvgIpc) is 1.82. The van der Waals surface area contributed by atoms with Crippen LogP contribution in [0.5, 0.6) is 0 Å². The van der Waals surface area contributed by atoms with Gasteiger partial charge in [0.05, 0.1) is 0 Å². The first kappa shape index (κ1) is 5.89. The van der Waals surface area contributed by atoms with Crippen LogP contribution in [0.3, 0.4) is 0 Å². The molecule has 46 valence electrons. The third kappa shape index (κ3) is 4.63. The predicted molar refractivity (Wildman–Crippen MR) is 24.9 cm³/mol. The van der Waals surface area contributed by atoms with Crippen molar-refractivity contribution < 1.29 is 48.4 Å². The van der Waals surface area contributed by atoms with Gasteiger partial charge >= 0.3 is 29.6 Å². The Morgan fingerprint density at radius 1 is 1.67 bits per heavy atom. The van der Waals surface area contributed by atoms with E-state index in [0.29, 0.717) is 0 Å². The van der Waals surface area contributed by atoms with Crippen LogP contribution < -0.4 is 34.7 Å². The quantitative estimate of drug-likeness (QED) is 0.226. The fraction of sp³-hybridized carbons (Fsp3) is 0.600. The second-order valence-corrected chi connectivity index (χ2v) is 1.37. The third-order valence-corrected chi connectivity index (χ3v) is 0.594. The van der Waals surface area contributed by atoms with E-state index in [1.165, 1.54) is 0 Å². The number of Topliss-reactive ketones (excluding diaryl/α,β-unsaturated/α-hetero) is 1. The van der Waals surface area contributed by atoms with Crippen LogP contribution in [0.15, 0.2) is 0 Å². The Labute approximate surface area is 79.9 Å². The van der Waals surface area contributed by atoms with E-state index in [-0.39, 0.29) is 29.6 Å². The molecule has 0 N–H and O–H groups in total. The van der Waals surface area contributed by atoms with Crippen LogP contribution in [-0.4, -0.2) is 11.8 Å². The Kier molecular flexibility index (Phi) is 3.25. The molecule has 0 bridgehead atoms. The molecule has 0 aromatic heterocycles. The molecular formula is C5H7NaO3. The molecule has 0 rings (SSSR count). The monoisotopic (exact) mass is 145 g/mol. The smallest absolute Gasteiger partial charge is 0.542 e. The summed E-state index contributed by atoms with van der Waals surface area (Å²) in [5, 5.41) is 9.88. The van der Waals surface area contributed by atoms with Crippen molar-refractivity contribution >= 4 is 11.8 Å². The molecule has 1 atom stereocenters. The summed E-state index contributed by atoms with van der Waals surface area (Å²) in [7, 11) is 0. The maximum atomic E-state index is 10.5. The number of rotatable bonds is 2. The van der Waals surface area contributed by atoms with E-state index in [1.807, 2.05) is 0 Å². The van der Waals surface area contributed by atoms with Crippen molar-refractivity contribution in [2.75, 3.05) is 0 Å². The molecule has 0 heterocycles. The molecular weight excluding hydrogens is 135 g/mol. The van der Waals surface area contributed by atoms with Crippen LogP contribution in [0.1, 0.15) is 17.9 Å². The molecule has 0 aliphatic heterocycles. The van der Waals surface area contributed by atoms with Crippen LogP contribution in [0.25, 0.3) is 0 Å². The summed E-state index contributed by atoms with van der Waals surface area (Å²) in [4.78, 5) is 20.3. The Morgan fingerprint density at radius 3 is 2.22 bits per heavy atom. The fourth-order valence-electron chi connectivity index (χ4n) is 0.177. The SMILES string of the molecule is [2H]C([2H])([2H])[13CH]([13CH3])[13C](=O)[13C](=O)[O-].[Na+]. The van der Waals surface area contributed by atoms with E-state index in [9.17, 15) is 14.7 Å². The molecule has 0 aromatic carbocycles. The maximum Gasteiger partial charge on any atom is 1.00 e. The second-order valence-electron chi connectivity index (χ2n) is 1.37. The predicted octanol–water partition coefficient (Wildman–Crippen LogP) is -4.03. The number of aliphatic carboxylic acids is 1. The zero-order valence-electron chi connectivity index (χ0n) is 8.30. The minimum atomic E-state index is -2.56. The van der Waals surface area contributed by atoms with Gasteiger partial charge in [-0.3, -0.25) is 4.79 Å². The summed E-state index contributed by atoms with van der Waals surface area (Å²) in [5.41, 5.74) is 0.